The van der Waals surface area contributed by atoms with Crippen LogP contribution in [0.4, 0.5) is 0 Å². The van der Waals surface area contributed by atoms with Gasteiger partial charge in [0.05, 0.1) is 32.3 Å². The first-order valence-corrected chi connectivity index (χ1v) is 11.1. The molecule has 1 aromatic heterocycles. The fourth-order valence-electron chi connectivity index (χ4n) is 4.28. The molecular weight excluding hydrogens is 424 g/mol. The van der Waals surface area contributed by atoms with Crippen LogP contribution in [0.25, 0.3) is 5.57 Å². The average Bonchev–Trinajstić information content (AvgIpc) is 3.45. The number of carbonyl (C=O) groups excluding carboxylic acids is 2. The first-order valence-electron chi connectivity index (χ1n) is 11.1. The number of amides is 1. The van der Waals surface area contributed by atoms with Crippen LogP contribution in [0.5, 0.6) is 5.75 Å². The number of likely N-dealkylation sites (tertiary alicyclic amines) is 1. The minimum Gasteiger partial charge on any atom is -0.492 e. The number of hydrogen-bond donors (Lipinski definition) is 1. The second-order valence-corrected chi connectivity index (χ2v) is 9.69. The Morgan fingerprint density at radius 1 is 1.27 bits per heavy atom. The van der Waals surface area contributed by atoms with Crippen molar-refractivity contribution in [1.82, 2.24) is 9.88 Å². The van der Waals surface area contributed by atoms with Crippen molar-refractivity contribution < 1.29 is 29.0 Å². The molecule has 33 heavy (non-hydrogen) atoms. The summed E-state index contributed by atoms with van der Waals surface area (Å²) in [5.41, 5.74) is 1.62. The second-order valence-electron chi connectivity index (χ2n) is 9.69. The lowest BCUT2D eigenvalue weighted by Crippen LogP contribution is -2.47. The van der Waals surface area contributed by atoms with Crippen molar-refractivity contribution in [2.45, 2.75) is 46.1 Å². The first kappa shape index (κ1) is 24.5. The van der Waals surface area contributed by atoms with Crippen LogP contribution in [0.3, 0.4) is 0 Å². The zero-order chi connectivity index (χ0) is 24.2. The highest BCUT2D eigenvalue weighted by molar-refractivity contribution is 5.88. The van der Waals surface area contributed by atoms with E-state index < -0.39 is 29.3 Å². The summed E-state index contributed by atoms with van der Waals surface area (Å²) in [6.45, 7) is 6.11. The standard InChI is InChI=1S/C25H32N2O6/c1-25(2,3)20(11-22(28)32-4)23(29)27-14-16(9-21(27)24(30)31)15-33-19-10-18(12-26-13-19)17-7-5-6-8-17/h5-7,10,12-13,16,20-21H,8-9,11,14-15H2,1-4H3,(H,30,31)/t16-,20-,21+/m1/s1. The number of esters is 1. The fourth-order valence-corrected chi connectivity index (χ4v) is 4.28. The third-order valence-corrected chi connectivity index (χ3v) is 6.24. The molecule has 3 rings (SSSR count). The van der Waals surface area contributed by atoms with E-state index in [0.717, 1.165) is 17.6 Å². The van der Waals surface area contributed by atoms with Gasteiger partial charge in [0, 0.05) is 18.7 Å². The molecular formula is C25H32N2O6. The number of rotatable bonds is 8. The van der Waals surface area contributed by atoms with E-state index in [1.807, 2.05) is 39.0 Å². The van der Waals surface area contributed by atoms with Gasteiger partial charge in [0.25, 0.3) is 0 Å². The Bertz CT molecular complexity index is 962. The van der Waals surface area contributed by atoms with Crippen LogP contribution >= 0.6 is 0 Å². The number of ether oxygens (including phenoxy) is 2. The van der Waals surface area contributed by atoms with Crippen LogP contribution in [0.1, 0.15) is 45.6 Å². The Labute approximate surface area is 194 Å². The molecule has 1 aliphatic carbocycles. The molecule has 2 heterocycles. The lowest BCUT2D eigenvalue weighted by Gasteiger charge is -2.33. The molecule has 0 saturated carbocycles. The third-order valence-electron chi connectivity index (χ3n) is 6.24. The minimum absolute atomic E-state index is 0.0913. The van der Waals surface area contributed by atoms with E-state index in [9.17, 15) is 19.5 Å². The van der Waals surface area contributed by atoms with Crippen molar-refractivity contribution in [2.75, 3.05) is 20.3 Å². The van der Waals surface area contributed by atoms with Gasteiger partial charge in [-0.05, 0) is 35.5 Å². The van der Waals surface area contributed by atoms with Crippen molar-refractivity contribution in [3.8, 4) is 5.75 Å². The average molecular weight is 457 g/mol. The van der Waals surface area contributed by atoms with Crippen LogP contribution in [0, 0.1) is 17.3 Å². The van der Waals surface area contributed by atoms with Crippen molar-refractivity contribution in [2.24, 2.45) is 17.3 Å². The van der Waals surface area contributed by atoms with Crippen LogP contribution in [-0.2, 0) is 19.1 Å². The highest BCUT2D eigenvalue weighted by atomic mass is 16.5. The summed E-state index contributed by atoms with van der Waals surface area (Å²) >= 11 is 0. The molecule has 1 amide bonds. The first-order chi connectivity index (χ1) is 15.6. The molecule has 0 radical (unpaired) electrons. The maximum absolute atomic E-state index is 13.4. The van der Waals surface area contributed by atoms with E-state index >= 15 is 0 Å². The molecule has 0 bridgehead atoms. The van der Waals surface area contributed by atoms with Crippen LogP contribution < -0.4 is 4.74 Å². The van der Waals surface area contributed by atoms with Crippen LogP contribution in [0.15, 0.2) is 36.7 Å². The summed E-state index contributed by atoms with van der Waals surface area (Å²) in [4.78, 5) is 42.8. The molecule has 1 fully saturated rings. The lowest BCUT2D eigenvalue weighted by atomic mass is 9.77. The van der Waals surface area contributed by atoms with Gasteiger partial charge in [-0.15, -0.1) is 0 Å². The van der Waals surface area contributed by atoms with Gasteiger partial charge >= 0.3 is 11.9 Å². The molecule has 1 aromatic rings. The van der Waals surface area contributed by atoms with Gasteiger partial charge in [-0.25, -0.2) is 4.79 Å². The third kappa shape index (κ3) is 6.00. The fraction of sp³-hybridized carbons (Fsp3) is 0.520. The summed E-state index contributed by atoms with van der Waals surface area (Å²) < 4.78 is 10.7. The molecule has 2 aliphatic rings. The highest BCUT2D eigenvalue weighted by Crippen LogP contribution is 2.35. The maximum atomic E-state index is 13.4. The highest BCUT2D eigenvalue weighted by Gasteiger charge is 2.45. The molecule has 0 aromatic carbocycles. The molecule has 0 spiro atoms. The quantitative estimate of drug-likeness (QED) is 0.598. The summed E-state index contributed by atoms with van der Waals surface area (Å²) in [6.07, 6.45) is 10.6. The monoisotopic (exact) mass is 456 g/mol. The zero-order valence-electron chi connectivity index (χ0n) is 19.6. The molecule has 0 unspecified atom stereocenters. The van der Waals surface area contributed by atoms with Gasteiger partial charge in [0.2, 0.25) is 5.91 Å². The molecule has 3 atom stereocenters. The summed E-state index contributed by atoms with van der Waals surface area (Å²) in [6, 6.07) is 0.970. The predicted octanol–water partition coefficient (Wildman–Crippen LogP) is 3.33. The number of aliphatic carboxylic acids is 1. The van der Waals surface area contributed by atoms with E-state index in [0.29, 0.717) is 12.2 Å². The Morgan fingerprint density at radius 3 is 2.64 bits per heavy atom. The van der Waals surface area contributed by atoms with Gasteiger partial charge in [0.1, 0.15) is 11.8 Å². The van der Waals surface area contributed by atoms with E-state index in [4.69, 9.17) is 9.47 Å². The van der Waals surface area contributed by atoms with Crippen LogP contribution in [-0.4, -0.2) is 59.1 Å². The normalized spacial score (nSPS) is 21.0. The van der Waals surface area contributed by atoms with Gasteiger partial charge in [0.15, 0.2) is 0 Å². The Kier molecular flexibility index (Phi) is 7.56. The lowest BCUT2D eigenvalue weighted by molar-refractivity contribution is -0.154. The summed E-state index contributed by atoms with van der Waals surface area (Å²) in [7, 11) is 1.28. The Balaban J connectivity index is 1.69. The van der Waals surface area contributed by atoms with Crippen molar-refractivity contribution in [3.63, 3.8) is 0 Å². The van der Waals surface area contributed by atoms with Gasteiger partial charge in [-0.3, -0.25) is 14.6 Å². The van der Waals surface area contributed by atoms with E-state index in [2.05, 4.69) is 11.1 Å². The Morgan fingerprint density at radius 2 is 2.03 bits per heavy atom. The maximum Gasteiger partial charge on any atom is 0.326 e. The molecule has 8 nitrogen and oxygen atoms in total. The topological polar surface area (TPSA) is 106 Å². The van der Waals surface area contributed by atoms with Crippen molar-refractivity contribution >= 4 is 23.4 Å². The second kappa shape index (κ2) is 10.2. The molecule has 8 heteroatoms. The van der Waals surface area contributed by atoms with E-state index in [1.54, 1.807) is 12.4 Å². The summed E-state index contributed by atoms with van der Waals surface area (Å²) in [5, 5.41) is 9.76. The number of allylic oxidation sites excluding steroid dienone is 4. The number of hydrogen-bond acceptors (Lipinski definition) is 6. The molecule has 1 saturated heterocycles. The summed E-state index contributed by atoms with van der Waals surface area (Å²) in [5.74, 6) is -2.11. The van der Waals surface area contributed by atoms with Crippen molar-refractivity contribution in [3.05, 3.63) is 42.3 Å². The predicted molar refractivity (Wildman–Crippen MR) is 122 cm³/mol. The number of carbonyl (C=O) groups is 3. The van der Waals surface area contributed by atoms with Gasteiger partial charge in [-0.1, -0.05) is 39.0 Å². The van der Waals surface area contributed by atoms with E-state index in [-0.39, 0.29) is 31.4 Å². The van der Waals surface area contributed by atoms with Gasteiger partial charge < -0.3 is 19.5 Å². The number of nitrogens with zero attached hydrogens (tertiary/aromatic N) is 2. The van der Waals surface area contributed by atoms with Crippen LogP contribution in [0.2, 0.25) is 0 Å². The number of carboxylic acid groups (broad SMARTS) is 1. The number of carboxylic acids is 1. The number of pyridine rings is 1. The number of aromatic nitrogens is 1. The molecule has 1 aliphatic heterocycles. The largest absolute Gasteiger partial charge is 0.492 e. The Hall–Kier alpha value is -3.16. The SMILES string of the molecule is COC(=O)C[C@H](C(=O)N1C[C@H](COc2cncc(C3=CC=CC3)c2)C[C@H]1C(=O)O)C(C)(C)C. The van der Waals surface area contributed by atoms with Gasteiger partial charge in [-0.2, -0.15) is 0 Å². The van der Waals surface area contributed by atoms with E-state index in [1.165, 1.54) is 12.0 Å². The smallest absolute Gasteiger partial charge is 0.326 e. The molecule has 178 valence electrons. The van der Waals surface area contributed by atoms with Crippen molar-refractivity contribution in [1.29, 1.82) is 0 Å². The zero-order valence-corrected chi connectivity index (χ0v) is 19.6. The molecule has 1 N–H and O–H groups in total. The minimum atomic E-state index is -1.05. The number of methoxy groups -OCH3 is 1.